The summed E-state index contributed by atoms with van der Waals surface area (Å²) in [5, 5.41) is 1.11. The smallest absolute Gasteiger partial charge is 0.260 e. The Hall–Kier alpha value is -1.65. The zero-order valence-corrected chi connectivity index (χ0v) is 15.9. The van der Waals surface area contributed by atoms with Crippen LogP contribution in [0.25, 0.3) is 0 Å². The lowest BCUT2D eigenvalue weighted by Gasteiger charge is -2.21. The maximum atomic E-state index is 12.5. The van der Waals surface area contributed by atoms with Crippen molar-refractivity contribution in [1.82, 2.24) is 4.90 Å². The maximum Gasteiger partial charge on any atom is 0.260 e. The number of hydrogen-bond acceptors (Lipinski definition) is 3. The van der Waals surface area contributed by atoms with Gasteiger partial charge in [0.1, 0.15) is 5.75 Å². The second-order valence-corrected chi connectivity index (χ2v) is 7.88. The monoisotopic (exact) mass is 375 g/mol. The molecule has 0 N–H and O–H groups in total. The number of ether oxygens (including phenoxy) is 1. The van der Waals surface area contributed by atoms with Crippen molar-refractivity contribution >= 4 is 29.3 Å². The molecule has 2 aromatic carbocycles. The molecule has 1 aliphatic rings. The molecule has 1 heterocycles. The van der Waals surface area contributed by atoms with Gasteiger partial charge in [-0.05, 0) is 48.7 Å². The predicted molar refractivity (Wildman–Crippen MR) is 105 cm³/mol. The predicted octanol–water partition coefficient (Wildman–Crippen LogP) is 4.73. The molecule has 0 aromatic heterocycles. The quantitative estimate of drug-likeness (QED) is 0.773. The Labute approximate surface area is 158 Å². The lowest BCUT2D eigenvalue weighted by atomic mass is 10.0. The van der Waals surface area contributed by atoms with E-state index in [1.165, 1.54) is 11.1 Å². The van der Waals surface area contributed by atoms with Gasteiger partial charge in [-0.3, -0.25) is 4.79 Å². The number of carbonyl (C=O) groups excluding carboxylic acids is 1. The fourth-order valence-electron chi connectivity index (χ4n) is 2.98. The summed E-state index contributed by atoms with van der Waals surface area (Å²) in [5.74, 6) is 1.66. The highest BCUT2D eigenvalue weighted by Gasteiger charge is 2.23. The third kappa shape index (κ3) is 4.93. The fraction of sp³-hybridized carbons (Fsp3) is 0.350. The molecule has 0 bridgehead atoms. The summed E-state index contributed by atoms with van der Waals surface area (Å²) in [5.41, 5.74) is 2.71. The van der Waals surface area contributed by atoms with Gasteiger partial charge in [0.15, 0.2) is 6.61 Å². The number of thioether (sulfide) groups is 1. The van der Waals surface area contributed by atoms with Crippen LogP contribution in [-0.4, -0.2) is 36.3 Å². The Kier molecular flexibility index (Phi) is 6.27. The molecule has 0 spiro atoms. The van der Waals surface area contributed by atoms with Crippen molar-refractivity contribution in [2.45, 2.75) is 18.6 Å². The highest BCUT2D eigenvalue weighted by molar-refractivity contribution is 7.99. The zero-order valence-electron chi connectivity index (χ0n) is 14.3. The number of hydrogen-bond donors (Lipinski definition) is 0. The number of carbonyl (C=O) groups is 1. The van der Waals surface area contributed by atoms with Crippen LogP contribution in [-0.2, 0) is 4.79 Å². The van der Waals surface area contributed by atoms with Crippen LogP contribution in [0, 0.1) is 6.92 Å². The molecule has 1 saturated heterocycles. The van der Waals surface area contributed by atoms with Gasteiger partial charge < -0.3 is 9.64 Å². The van der Waals surface area contributed by atoms with Gasteiger partial charge >= 0.3 is 0 Å². The van der Waals surface area contributed by atoms with Crippen molar-refractivity contribution in [3.63, 3.8) is 0 Å². The van der Waals surface area contributed by atoms with Crippen LogP contribution < -0.4 is 4.74 Å². The van der Waals surface area contributed by atoms with Crippen molar-refractivity contribution in [3.8, 4) is 5.75 Å². The van der Waals surface area contributed by atoms with Crippen LogP contribution in [0.2, 0.25) is 5.02 Å². The number of aryl methyl sites for hydroxylation is 1. The molecule has 0 radical (unpaired) electrons. The second kappa shape index (κ2) is 8.63. The van der Waals surface area contributed by atoms with E-state index in [4.69, 9.17) is 16.3 Å². The summed E-state index contributed by atoms with van der Waals surface area (Å²) < 4.78 is 5.59. The highest BCUT2D eigenvalue weighted by atomic mass is 35.5. The largest absolute Gasteiger partial charge is 0.484 e. The fourth-order valence-corrected chi connectivity index (χ4v) is 4.44. The molecular weight excluding hydrogens is 354 g/mol. The first-order chi connectivity index (χ1) is 12.1. The maximum absolute atomic E-state index is 12.5. The van der Waals surface area contributed by atoms with E-state index in [9.17, 15) is 4.79 Å². The molecule has 0 saturated carbocycles. The number of nitrogens with zero attached hydrogens (tertiary/aromatic N) is 1. The van der Waals surface area contributed by atoms with E-state index >= 15 is 0 Å². The summed E-state index contributed by atoms with van der Waals surface area (Å²) in [7, 11) is 0. The Bertz CT molecular complexity index is 720. The van der Waals surface area contributed by atoms with Gasteiger partial charge in [0.2, 0.25) is 0 Å². The van der Waals surface area contributed by atoms with E-state index < -0.39 is 0 Å². The van der Waals surface area contributed by atoms with Gasteiger partial charge in [-0.25, -0.2) is 0 Å². The Morgan fingerprint density at radius 2 is 1.96 bits per heavy atom. The van der Waals surface area contributed by atoms with Crippen molar-refractivity contribution < 1.29 is 9.53 Å². The summed E-state index contributed by atoms with van der Waals surface area (Å²) in [4.78, 5) is 14.4. The molecule has 3 rings (SSSR count). The molecule has 3 nitrogen and oxygen atoms in total. The number of halogens is 1. The minimum absolute atomic E-state index is 0.0426. The van der Waals surface area contributed by atoms with Crippen molar-refractivity contribution in [3.05, 3.63) is 64.7 Å². The Morgan fingerprint density at radius 3 is 2.72 bits per heavy atom. The summed E-state index contributed by atoms with van der Waals surface area (Å²) in [6, 6.07) is 15.6. The molecule has 0 aliphatic carbocycles. The molecule has 0 unspecified atom stereocenters. The standard InChI is InChI=1S/C20H22ClNO2S/c1-15-4-2-3-5-18(15)19-10-11-22(12-13-25-19)20(23)14-24-17-8-6-16(21)7-9-17/h2-9,19H,10-14H2,1H3/t19-/m1/s1. The van der Waals surface area contributed by atoms with Crippen LogP contribution in [0.15, 0.2) is 48.5 Å². The number of benzene rings is 2. The number of rotatable bonds is 4. The van der Waals surface area contributed by atoms with E-state index in [0.717, 1.165) is 25.3 Å². The SMILES string of the molecule is Cc1ccccc1[C@H]1CCN(C(=O)COc2ccc(Cl)cc2)CCS1. The zero-order chi connectivity index (χ0) is 17.6. The average Bonchev–Trinajstić information content (AvgIpc) is 2.87. The minimum atomic E-state index is 0.0426. The lowest BCUT2D eigenvalue weighted by molar-refractivity contribution is -0.133. The van der Waals surface area contributed by atoms with Gasteiger partial charge in [-0.2, -0.15) is 11.8 Å². The van der Waals surface area contributed by atoms with Crippen LogP contribution in [0.3, 0.4) is 0 Å². The first-order valence-corrected chi connectivity index (χ1v) is 9.89. The van der Waals surface area contributed by atoms with Gasteiger partial charge in [-0.15, -0.1) is 0 Å². The molecule has 1 atom stereocenters. The van der Waals surface area contributed by atoms with Gasteiger partial charge in [0.25, 0.3) is 5.91 Å². The summed E-state index contributed by atoms with van der Waals surface area (Å²) >= 11 is 7.80. The molecule has 2 aromatic rings. The molecule has 1 fully saturated rings. The van der Waals surface area contributed by atoms with Crippen molar-refractivity contribution in [1.29, 1.82) is 0 Å². The van der Waals surface area contributed by atoms with Gasteiger partial charge in [0, 0.05) is 29.1 Å². The second-order valence-electron chi connectivity index (χ2n) is 6.13. The molecule has 25 heavy (non-hydrogen) atoms. The topological polar surface area (TPSA) is 29.5 Å². The van der Waals surface area contributed by atoms with E-state index in [1.807, 2.05) is 16.7 Å². The lowest BCUT2D eigenvalue weighted by Crippen LogP contribution is -2.36. The van der Waals surface area contributed by atoms with Gasteiger partial charge in [-0.1, -0.05) is 35.9 Å². The molecule has 1 aliphatic heterocycles. The molecule has 5 heteroatoms. The van der Waals surface area contributed by atoms with E-state index in [1.54, 1.807) is 24.3 Å². The van der Waals surface area contributed by atoms with Crippen LogP contribution >= 0.6 is 23.4 Å². The first-order valence-electron chi connectivity index (χ1n) is 8.47. The van der Waals surface area contributed by atoms with Crippen LogP contribution in [0.5, 0.6) is 5.75 Å². The summed E-state index contributed by atoms with van der Waals surface area (Å²) in [6.45, 7) is 3.77. The van der Waals surface area contributed by atoms with Gasteiger partial charge in [0.05, 0.1) is 0 Å². The highest BCUT2D eigenvalue weighted by Crippen LogP contribution is 2.35. The van der Waals surface area contributed by atoms with Crippen molar-refractivity contribution in [2.75, 3.05) is 25.4 Å². The van der Waals surface area contributed by atoms with Crippen LogP contribution in [0.1, 0.15) is 22.8 Å². The molecule has 1 amide bonds. The first kappa shape index (κ1) is 18.2. The Balaban J connectivity index is 1.54. The molecular formula is C20H22ClNO2S. The van der Waals surface area contributed by atoms with E-state index in [0.29, 0.717) is 16.0 Å². The summed E-state index contributed by atoms with van der Waals surface area (Å²) in [6.07, 6.45) is 0.974. The average molecular weight is 376 g/mol. The Morgan fingerprint density at radius 1 is 1.20 bits per heavy atom. The number of amides is 1. The molecule has 132 valence electrons. The normalized spacial score (nSPS) is 17.8. The minimum Gasteiger partial charge on any atom is -0.484 e. The third-order valence-electron chi connectivity index (χ3n) is 4.41. The van der Waals surface area contributed by atoms with Crippen molar-refractivity contribution in [2.24, 2.45) is 0 Å². The third-order valence-corrected chi connectivity index (χ3v) is 5.97. The van der Waals surface area contributed by atoms with E-state index in [2.05, 4.69) is 31.2 Å². The van der Waals surface area contributed by atoms with E-state index in [-0.39, 0.29) is 12.5 Å². The van der Waals surface area contributed by atoms with Crippen LogP contribution in [0.4, 0.5) is 0 Å².